The summed E-state index contributed by atoms with van der Waals surface area (Å²) in [7, 11) is 1.70. The van der Waals surface area contributed by atoms with Gasteiger partial charge in [-0.2, -0.15) is 0 Å². The third-order valence-electron chi connectivity index (χ3n) is 2.79. The van der Waals surface area contributed by atoms with Crippen molar-refractivity contribution in [1.82, 2.24) is 0 Å². The van der Waals surface area contributed by atoms with Crippen molar-refractivity contribution in [3.05, 3.63) is 48.5 Å². The summed E-state index contributed by atoms with van der Waals surface area (Å²) in [5.41, 5.74) is 6.50. The number of benzene rings is 2. The molecule has 3 nitrogen and oxygen atoms in total. The standard InChI is InChI=1S/C16H19NO2S/c1-18-15-9-4-5-10-16(15)20-12-6-11-19-14-8-3-2-7-13(14)17/h2-5,7-10H,6,11-12,17H2,1H3. The molecule has 0 aromatic heterocycles. The zero-order valence-electron chi connectivity index (χ0n) is 11.5. The van der Waals surface area contributed by atoms with Gasteiger partial charge < -0.3 is 15.2 Å². The van der Waals surface area contributed by atoms with Gasteiger partial charge in [0.05, 0.1) is 19.4 Å². The van der Waals surface area contributed by atoms with E-state index in [4.69, 9.17) is 15.2 Å². The van der Waals surface area contributed by atoms with E-state index in [1.807, 2.05) is 42.5 Å². The molecule has 0 saturated carbocycles. The number of methoxy groups -OCH3 is 1. The van der Waals surface area contributed by atoms with E-state index in [-0.39, 0.29) is 0 Å². The minimum Gasteiger partial charge on any atom is -0.496 e. The van der Waals surface area contributed by atoms with Crippen molar-refractivity contribution in [3.63, 3.8) is 0 Å². The predicted octanol–water partition coefficient (Wildman–Crippen LogP) is 3.84. The Kier molecular flexibility index (Phi) is 5.62. The quantitative estimate of drug-likeness (QED) is 0.478. The first-order chi connectivity index (χ1) is 9.81. The first kappa shape index (κ1) is 14.6. The molecule has 2 rings (SSSR count). The highest BCUT2D eigenvalue weighted by molar-refractivity contribution is 7.99. The third kappa shape index (κ3) is 4.10. The lowest BCUT2D eigenvalue weighted by Gasteiger charge is -2.09. The summed E-state index contributed by atoms with van der Waals surface area (Å²) in [5.74, 6) is 2.66. The molecule has 20 heavy (non-hydrogen) atoms. The molecule has 0 heterocycles. The topological polar surface area (TPSA) is 44.5 Å². The van der Waals surface area contributed by atoms with Gasteiger partial charge in [-0.1, -0.05) is 24.3 Å². The third-order valence-corrected chi connectivity index (χ3v) is 3.93. The van der Waals surface area contributed by atoms with Gasteiger partial charge in [0.15, 0.2) is 0 Å². The lowest BCUT2D eigenvalue weighted by Crippen LogP contribution is -2.01. The van der Waals surface area contributed by atoms with E-state index in [1.54, 1.807) is 18.9 Å². The molecular formula is C16H19NO2S. The highest BCUT2D eigenvalue weighted by Gasteiger charge is 2.02. The lowest BCUT2D eigenvalue weighted by molar-refractivity contribution is 0.320. The molecule has 0 bridgehead atoms. The Labute approximate surface area is 124 Å². The van der Waals surface area contributed by atoms with Crippen molar-refractivity contribution in [2.75, 3.05) is 25.2 Å². The molecule has 106 valence electrons. The van der Waals surface area contributed by atoms with Crippen LogP contribution in [0.1, 0.15) is 6.42 Å². The Morgan fingerprint density at radius 2 is 1.70 bits per heavy atom. The van der Waals surface area contributed by atoms with E-state index in [2.05, 4.69) is 6.07 Å². The van der Waals surface area contributed by atoms with Gasteiger partial charge >= 0.3 is 0 Å². The lowest BCUT2D eigenvalue weighted by atomic mass is 10.3. The SMILES string of the molecule is COc1ccccc1SCCCOc1ccccc1N. The average molecular weight is 289 g/mol. The van der Waals surface area contributed by atoms with Gasteiger partial charge in [-0.3, -0.25) is 0 Å². The number of hydrogen-bond acceptors (Lipinski definition) is 4. The maximum absolute atomic E-state index is 5.82. The van der Waals surface area contributed by atoms with Crippen LogP contribution in [0.5, 0.6) is 11.5 Å². The molecular weight excluding hydrogens is 270 g/mol. The molecule has 0 spiro atoms. The van der Waals surface area contributed by atoms with Gasteiger partial charge in [-0.15, -0.1) is 11.8 Å². The fourth-order valence-electron chi connectivity index (χ4n) is 1.77. The minimum atomic E-state index is 0.663. The minimum absolute atomic E-state index is 0.663. The molecule has 2 aromatic carbocycles. The molecule has 0 aliphatic heterocycles. The van der Waals surface area contributed by atoms with Crippen LogP contribution in [0.2, 0.25) is 0 Å². The van der Waals surface area contributed by atoms with Gasteiger partial charge in [0.1, 0.15) is 11.5 Å². The summed E-state index contributed by atoms with van der Waals surface area (Å²) in [5, 5.41) is 0. The van der Waals surface area contributed by atoms with Crippen molar-refractivity contribution in [2.45, 2.75) is 11.3 Å². The van der Waals surface area contributed by atoms with E-state index >= 15 is 0 Å². The Morgan fingerprint density at radius 1 is 1.00 bits per heavy atom. The number of rotatable bonds is 7. The number of anilines is 1. The summed E-state index contributed by atoms with van der Waals surface area (Å²) in [6.45, 7) is 0.663. The van der Waals surface area contributed by atoms with E-state index in [0.29, 0.717) is 12.3 Å². The molecule has 0 saturated heterocycles. The fraction of sp³-hybridized carbons (Fsp3) is 0.250. The van der Waals surface area contributed by atoms with E-state index in [1.165, 1.54) is 0 Å². The van der Waals surface area contributed by atoms with Crippen LogP contribution in [0.25, 0.3) is 0 Å². The second-order valence-electron chi connectivity index (χ2n) is 4.24. The summed E-state index contributed by atoms with van der Waals surface area (Å²) < 4.78 is 11.0. The number of hydrogen-bond donors (Lipinski definition) is 1. The van der Waals surface area contributed by atoms with Crippen molar-refractivity contribution >= 4 is 17.4 Å². The van der Waals surface area contributed by atoms with Crippen LogP contribution in [0.4, 0.5) is 5.69 Å². The molecule has 0 aliphatic rings. The zero-order valence-corrected chi connectivity index (χ0v) is 12.4. The monoisotopic (exact) mass is 289 g/mol. The van der Waals surface area contributed by atoms with Crippen molar-refractivity contribution in [1.29, 1.82) is 0 Å². The summed E-state index contributed by atoms with van der Waals surface area (Å²) in [4.78, 5) is 1.16. The molecule has 0 atom stereocenters. The van der Waals surface area contributed by atoms with Crippen LogP contribution < -0.4 is 15.2 Å². The maximum Gasteiger partial charge on any atom is 0.142 e. The smallest absolute Gasteiger partial charge is 0.142 e. The van der Waals surface area contributed by atoms with E-state index in [0.717, 1.165) is 28.6 Å². The second kappa shape index (κ2) is 7.70. The number of nitrogens with two attached hydrogens (primary N) is 1. The first-order valence-electron chi connectivity index (χ1n) is 6.54. The van der Waals surface area contributed by atoms with Crippen LogP contribution in [0.15, 0.2) is 53.4 Å². The summed E-state index contributed by atoms with van der Waals surface area (Å²) in [6.07, 6.45) is 0.955. The van der Waals surface area contributed by atoms with Gasteiger partial charge in [-0.25, -0.2) is 0 Å². The number of thioether (sulfide) groups is 1. The van der Waals surface area contributed by atoms with E-state index < -0.39 is 0 Å². The molecule has 4 heteroatoms. The zero-order chi connectivity index (χ0) is 14.2. The Morgan fingerprint density at radius 3 is 2.45 bits per heavy atom. The molecule has 2 aromatic rings. The largest absolute Gasteiger partial charge is 0.496 e. The van der Waals surface area contributed by atoms with Crippen LogP contribution in [0, 0.1) is 0 Å². The van der Waals surface area contributed by atoms with Crippen LogP contribution in [-0.4, -0.2) is 19.5 Å². The Balaban J connectivity index is 1.73. The highest BCUT2D eigenvalue weighted by Crippen LogP contribution is 2.29. The normalized spacial score (nSPS) is 10.2. The molecule has 0 amide bonds. The second-order valence-corrected chi connectivity index (χ2v) is 5.38. The fourth-order valence-corrected chi connectivity index (χ4v) is 2.72. The summed E-state index contributed by atoms with van der Waals surface area (Å²) in [6, 6.07) is 15.6. The molecule has 0 radical (unpaired) electrons. The number of ether oxygens (including phenoxy) is 2. The van der Waals surface area contributed by atoms with Gasteiger partial charge in [-0.05, 0) is 30.7 Å². The Bertz CT molecular complexity index is 546. The van der Waals surface area contributed by atoms with Gasteiger partial charge in [0.25, 0.3) is 0 Å². The van der Waals surface area contributed by atoms with Crippen molar-refractivity contribution in [2.24, 2.45) is 0 Å². The predicted molar refractivity (Wildman–Crippen MR) is 84.7 cm³/mol. The maximum atomic E-state index is 5.82. The average Bonchev–Trinajstić information content (AvgIpc) is 2.49. The molecule has 0 aliphatic carbocycles. The molecule has 2 N–H and O–H groups in total. The van der Waals surface area contributed by atoms with Crippen LogP contribution >= 0.6 is 11.8 Å². The number of nitrogen functional groups attached to an aromatic ring is 1. The molecule has 0 fully saturated rings. The summed E-state index contributed by atoms with van der Waals surface area (Å²) >= 11 is 1.77. The highest BCUT2D eigenvalue weighted by atomic mass is 32.2. The Hall–Kier alpha value is -1.81. The van der Waals surface area contributed by atoms with Gasteiger partial charge in [0, 0.05) is 10.6 Å². The van der Waals surface area contributed by atoms with E-state index in [9.17, 15) is 0 Å². The van der Waals surface area contributed by atoms with Gasteiger partial charge in [0.2, 0.25) is 0 Å². The van der Waals surface area contributed by atoms with Crippen LogP contribution in [0.3, 0.4) is 0 Å². The number of para-hydroxylation sites is 3. The van der Waals surface area contributed by atoms with Crippen molar-refractivity contribution in [3.8, 4) is 11.5 Å². The molecule has 0 unspecified atom stereocenters. The first-order valence-corrected chi connectivity index (χ1v) is 7.53. The van der Waals surface area contributed by atoms with Crippen molar-refractivity contribution < 1.29 is 9.47 Å². The van der Waals surface area contributed by atoms with Crippen LogP contribution in [-0.2, 0) is 0 Å².